The molecule has 0 radical (unpaired) electrons. The van der Waals surface area contributed by atoms with Crippen molar-refractivity contribution in [3.05, 3.63) is 34.5 Å². The largest absolute Gasteiger partial charge is 0.325 e. The van der Waals surface area contributed by atoms with Gasteiger partial charge in [-0.15, -0.1) is 10.2 Å². The van der Waals surface area contributed by atoms with Crippen molar-refractivity contribution in [2.24, 2.45) is 7.05 Å². The van der Waals surface area contributed by atoms with E-state index in [4.69, 9.17) is 0 Å². The van der Waals surface area contributed by atoms with Crippen molar-refractivity contribution in [3.63, 3.8) is 0 Å². The van der Waals surface area contributed by atoms with E-state index in [1.165, 1.54) is 11.8 Å². The third-order valence-electron chi connectivity index (χ3n) is 4.25. The van der Waals surface area contributed by atoms with E-state index in [1.54, 1.807) is 18.2 Å². The zero-order valence-electron chi connectivity index (χ0n) is 13.9. The summed E-state index contributed by atoms with van der Waals surface area (Å²) >= 11 is 1.38. The molecule has 25 heavy (non-hydrogen) atoms. The van der Waals surface area contributed by atoms with Gasteiger partial charge in [-0.3, -0.25) is 4.79 Å². The van der Waals surface area contributed by atoms with Crippen LogP contribution in [0.25, 0.3) is 11.0 Å². The smallest absolute Gasteiger partial charge is 0.323 e. The molecule has 1 fully saturated rings. The fourth-order valence-electron chi connectivity index (χ4n) is 2.69. The first kappa shape index (κ1) is 15.9. The minimum atomic E-state index is -0.323. The molecular weight excluding hydrogens is 340 g/mol. The molecule has 130 valence electrons. The molecule has 1 unspecified atom stereocenters. The van der Waals surface area contributed by atoms with Gasteiger partial charge in [0, 0.05) is 18.7 Å². The summed E-state index contributed by atoms with van der Waals surface area (Å²) in [4.78, 5) is 29.1. The Labute approximate surface area is 147 Å². The number of imidazole rings is 1. The number of hydrogen-bond donors (Lipinski definition) is 3. The molecule has 2 aromatic heterocycles. The van der Waals surface area contributed by atoms with Gasteiger partial charge in [0.15, 0.2) is 5.16 Å². The van der Waals surface area contributed by atoms with Gasteiger partial charge in [-0.25, -0.2) is 4.79 Å². The van der Waals surface area contributed by atoms with Crippen molar-refractivity contribution in [2.75, 3.05) is 5.32 Å². The normalized spacial score (nSPS) is 15.4. The van der Waals surface area contributed by atoms with Gasteiger partial charge in [-0.2, -0.15) is 0 Å². The number of thioether (sulfide) groups is 1. The van der Waals surface area contributed by atoms with E-state index < -0.39 is 0 Å². The number of anilines is 1. The Balaban J connectivity index is 1.45. The fourth-order valence-corrected chi connectivity index (χ4v) is 3.51. The van der Waals surface area contributed by atoms with Crippen LogP contribution in [-0.2, 0) is 11.8 Å². The molecule has 9 heteroatoms. The minimum Gasteiger partial charge on any atom is -0.325 e. The molecule has 4 rings (SSSR count). The van der Waals surface area contributed by atoms with Crippen LogP contribution in [0.4, 0.5) is 5.69 Å². The summed E-state index contributed by atoms with van der Waals surface area (Å²) in [7, 11) is 1.94. The predicted octanol–water partition coefficient (Wildman–Crippen LogP) is 1.98. The Hall–Kier alpha value is -2.55. The van der Waals surface area contributed by atoms with Crippen molar-refractivity contribution >= 4 is 34.4 Å². The monoisotopic (exact) mass is 358 g/mol. The van der Waals surface area contributed by atoms with Crippen molar-refractivity contribution in [3.8, 4) is 0 Å². The molecule has 1 aliphatic rings. The maximum atomic E-state index is 12.5. The molecule has 1 atom stereocenters. The van der Waals surface area contributed by atoms with Crippen LogP contribution in [0.5, 0.6) is 0 Å². The summed E-state index contributed by atoms with van der Waals surface area (Å²) in [5.74, 6) is 1.39. The number of hydrogen-bond acceptors (Lipinski definition) is 5. The van der Waals surface area contributed by atoms with Crippen LogP contribution >= 0.6 is 11.8 Å². The van der Waals surface area contributed by atoms with E-state index in [0.717, 1.165) is 23.8 Å². The lowest BCUT2D eigenvalue weighted by molar-refractivity contribution is -0.115. The molecule has 1 aromatic carbocycles. The molecule has 8 nitrogen and oxygen atoms in total. The number of aromatic nitrogens is 5. The van der Waals surface area contributed by atoms with Crippen molar-refractivity contribution < 1.29 is 4.79 Å². The summed E-state index contributed by atoms with van der Waals surface area (Å²) in [6.45, 7) is 1.84. The molecule has 1 amide bonds. The van der Waals surface area contributed by atoms with Crippen LogP contribution in [0.1, 0.15) is 31.5 Å². The van der Waals surface area contributed by atoms with Crippen molar-refractivity contribution in [1.29, 1.82) is 0 Å². The second kappa shape index (κ2) is 6.07. The summed E-state index contributed by atoms with van der Waals surface area (Å²) < 4.78 is 1.97. The summed E-state index contributed by atoms with van der Waals surface area (Å²) in [6, 6.07) is 5.25. The molecule has 0 aliphatic heterocycles. The first-order valence-electron chi connectivity index (χ1n) is 8.10. The highest BCUT2D eigenvalue weighted by atomic mass is 32.2. The highest BCUT2D eigenvalue weighted by molar-refractivity contribution is 8.00. The molecule has 0 spiro atoms. The van der Waals surface area contributed by atoms with Crippen LogP contribution in [0.3, 0.4) is 0 Å². The van der Waals surface area contributed by atoms with E-state index >= 15 is 0 Å². The molecule has 1 saturated carbocycles. The van der Waals surface area contributed by atoms with Crippen LogP contribution < -0.4 is 11.0 Å². The Bertz CT molecular complexity index is 1000. The highest BCUT2D eigenvalue weighted by Crippen LogP contribution is 2.39. The zero-order valence-corrected chi connectivity index (χ0v) is 14.7. The van der Waals surface area contributed by atoms with E-state index in [1.807, 2.05) is 18.5 Å². The number of nitrogens with zero attached hydrogens (tertiary/aromatic N) is 3. The molecule has 3 N–H and O–H groups in total. The van der Waals surface area contributed by atoms with Crippen LogP contribution in [0.15, 0.2) is 28.2 Å². The maximum Gasteiger partial charge on any atom is 0.323 e. The molecule has 0 saturated heterocycles. The third kappa shape index (κ3) is 3.19. The van der Waals surface area contributed by atoms with Crippen molar-refractivity contribution in [2.45, 2.75) is 36.1 Å². The van der Waals surface area contributed by atoms with Crippen molar-refractivity contribution in [1.82, 2.24) is 24.7 Å². The number of benzene rings is 1. The molecular formula is C16H18N6O2S. The van der Waals surface area contributed by atoms with Gasteiger partial charge >= 0.3 is 5.69 Å². The van der Waals surface area contributed by atoms with E-state index in [-0.39, 0.29) is 16.8 Å². The predicted molar refractivity (Wildman–Crippen MR) is 95.8 cm³/mol. The summed E-state index contributed by atoms with van der Waals surface area (Å²) in [5.41, 5.74) is 1.73. The first-order valence-corrected chi connectivity index (χ1v) is 8.98. The van der Waals surface area contributed by atoms with E-state index in [0.29, 0.717) is 22.6 Å². The van der Waals surface area contributed by atoms with Crippen LogP contribution in [-0.4, -0.2) is 35.9 Å². The minimum absolute atomic E-state index is 0.127. The van der Waals surface area contributed by atoms with Gasteiger partial charge in [-0.05, 0) is 38.0 Å². The number of H-pyrrole nitrogens is 2. The Morgan fingerprint density at radius 3 is 2.84 bits per heavy atom. The topological polar surface area (TPSA) is 108 Å². The third-order valence-corrected chi connectivity index (χ3v) is 5.38. The molecule has 2 heterocycles. The maximum absolute atomic E-state index is 12.5. The lowest BCUT2D eigenvalue weighted by Gasteiger charge is -2.11. The zero-order chi connectivity index (χ0) is 17.6. The number of carbonyl (C=O) groups excluding carboxylic acids is 1. The lowest BCUT2D eigenvalue weighted by atomic mass is 10.2. The van der Waals surface area contributed by atoms with Crippen LogP contribution in [0.2, 0.25) is 0 Å². The first-order chi connectivity index (χ1) is 12.0. The second-order valence-electron chi connectivity index (χ2n) is 6.26. The number of rotatable bonds is 5. The average Bonchev–Trinajstić information content (AvgIpc) is 3.25. The van der Waals surface area contributed by atoms with Gasteiger partial charge in [0.25, 0.3) is 0 Å². The number of aromatic amines is 2. The summed E-state index contributed by atoms with van der Waals surface area (Å²) in [6.07, 6.45) is 2.33. The van der Waals surface area contributed by atoms with Gasteiger partial charge < -0.3 is 19.9 Å². The van der Waals surface area contributed by atoms with Gasteiger partial charge in [-0.1, -0.05) is 11.8 Å². The van der Waals surface area contributed by atoms with E-state index in [2.05, 4.69) is 25.5 Å². The Kier molecular flexibility index (Phi) is 3.87. The second-order valence-corrected chi connectivity index (χ2v) is 7.57. The molecule has 3 aromatic rings. The number of amides is 1. The SMILES string of the molecule is CC(Sc1nnc(C2CC2)n1C)C(=O)Nc1ccc2[nH]c(=O)[nH]c2c1. The van der Waals surface area contributed by atoms with Gasteiger partial charge in [0.2, 0.25) is 5.91 Å². The standard InChI is InChI=1S/C16H18N6O2S/c1-8(25-16-21-20-13(22(16)2)9-3-4-9)14(23)17-10-5-6-11-12(7-10)19-15(24)18-11/h5-9H,3-4H2,1-2H3,(H,17,23)(H2,18,19,24). The van der Waals surface area contributed by atoms with E-state index in [9.17, 15) is 9.59 Å². The van der Waals surface area contributed by atoms with Gasteiger partial charge in [0.05, 0.1) is 16.3 Å². The Morgan fingerprint density at radius 1 is 1.32 bits per heavy atom. The number of nitrogens with one attached hydrogen (secondary N) is 3. The fraction of sp³-hybridized carbons (Fsp3) is 0.375. The molecule has 0 bridgehead atoms. The van der Waals surface area contributed by atoms with Crippen LogP contribution in [0, 0.1) is 0 Å². The lowest BCUT2D eigenvalue weighted by Crippen LogP contribution is -2.22. The number of fused-ring (bicyclic) bond motifs is 1. The quantitative estimate of drug-likeness (QED) is 0.604. The summed E-state index contributed by atoms with van der Waals surface area (Å²) in [5, 5.41) is 11.7. The molecule has 1 aliphatic carbocycles. The Morgan fingerprint density at radius 2 is 2.08 bits per heavy atom. The van der Waals surface area contributed by atoms with Gasteiger partial charge in [0.1, 0.15) is 5.82 Å². The number of carbonyl (C=O) groups is 1. The average molecular weight is 358 g/mol. The highest BCUT2D eigenvalue weighted by Gasteiger charge is 2.30.